The summed E-state index contributed by atoms with van der Waals surface area (Å²) in [5, 5.41) is 5.09. The molecule has 6 nitrogen and oxygen atoms in total. The molecule has 7 heteroatoms. The van der Waals surface area contributed by atoms with Crippen LogP contribution < -0.4 is 11.1 Å². The van der Waals surface area contributed by atoms with Crippen LogP contribution in [0.25, 0.3) is 10.8 Å². The number of benzene rings is 1. The Bertz CT molecular complexity index is 973. The van der Waals surface area contributed by atoms with Gasteiger partial charge in [-0.15, -0.1) is 11.3 Å². The van der Waals surface area contributed by atoms with E-state index in [1.807, 2.05) is 24.4 Å². The van der Waals surface area contributed by atoms with E-state index in [0.717, 1.165) is 9.56 Å². The van der Waals surface area contributed by atoms with Gasteiger partial charge < -0.3 is 4.90 Å². The van der Waals surface area contributed by atoms with Gasteiger partial charge in [0.15, 0.2) is 0 Å². The van der Waals surface area contributed by atoms with E-state index in [4.69, 9.17) is 0 Å². The normalized spacial score (nSPS) is 10.9. The van der Waals surface area contributed by atoms with E-state index in [0.29, 0.717) is 23.9 Å². The molecule has 0 saturated carbocycles. The van der Waals surface area contributed by atoms with Crippen LogP contribution in [0.15, 0.2) is 51.4 Å². The van der Waals surface area contributed by atoms with Crippen LogP contribution in [0.4, 0.5) is 0 Å². The summed E-state index contributed by atoms with van der Waals surface area (Å²) in [5.41, 5.74) is -0.745. The van der Waals surface area contributed by atoms with Crippen LogP contribution in [0.5, 0.6) is 0 Å². The highest BCUT2D eigenvalue weighted by atomic mass is 32.1. The maximum atomic E-state index is 12.5. The zero-order chi connectivity index (χ0) is 17.1. The quantitative estimate of drug-likeness (QED) is 0.767. The summed E-state index contributed by atoms with van der Waals surface area (Å²) in [6.07, 6.45) is 0. The number of aromatic nitrogens is 2. The molecule has 1 aromatic carbocycles. The van der Waals surface area contributed by atoms with Gasteiger partial charge in [-0.3, -0.25) is 19.5 Å². The molecule has 0 aliphatic carbocycles. The molecule has 3 rings (SSSR count). The van der Waals surface area contributed by atoms with Crippen molar-refractivity contribution in [1.29, 1.82) is 0 Å². The SMILES string of the molecule is CCN(Cc1cccs1)C(=O)Cn1[nH]c(=O)c2ccccc2c1=O. The molecule has 2 heterocycles. The van der Waals surface area contributed by atoms with E-state index in [9.17, 15) is 14.4 Å². The summed E-state index contributed by atoms with van der Waals surface area (Å²) in [5.74, 6) is -0.209. The number of amides is 1. The minimum Gasteiger partial charge on any atom is -0.336 e. The molecule has 1 amide bonds. The van der Waals surface area contributed by atoms with Crippen molar-refractivity contribution in [2.24, 2.45) is 0 Å². The number of fused-ring (bicyclic) bond motifs is 1. The molecular weight excluding hydrogens is 326 g/mol. The predicted molar refractivity (Wildman–Crippen MR) is 94.2 cm³/mol. The zero-order valence-corrected chi connectivity index (χ0v) is 14.0. The van der Waals surface area contributed by atoms with Gasteiger partial charge in [0.2, 0.25) is 5.91 Å². The summed E-state index contributed by atoms with van der Waals surface area (Å²) in [6.45, 7) is 2.73. The van der Waals surface area contributed by atoms with Gasteiger partial charge >= 0.3 is 0 Å². The topological polar surface area (TPSA) is 75.2 Å². The second-order valence-corrected chi connectivity index (χ2v) is 6.40. The average Bonchev–Trinajstić information content (AvgIpc) is 3.10. The fourth-order valence-corrected chi connectivity index (χ4v) is 3.28. The third-order valence-electron chi connectivity index (χ3n) is 3.84. The second-order valence-electron chi connectivity index (χ2n) is 5.37. The van der Waals surface area contributed by atoms with Crippen molar-refractivity contribution < 1.29 is 4.79 Å². The summed E-state index contributed by atoms with van der Waals surface area (Å²) in [7, 11) is 0. The van der Waals surface area contributed by atoms with E-state index >= 15 is 0 Å². The summed E-state index contributed by atoms with van der Waals surface area (Å²) in [6, 6.07) is 10.5. The van der Waals surface area contributed by atoms with Crippen molar-refractivity contribution in [2.45, 2.75) is 20.0 Å². The first-order valence-electron chi connectivity index (χ1n) is 7.62. The standard InChI is InChI=1S/C17H17N3O3S/c1-2-19(10-12-6-5-9-24-12)15(21)11-20-17(23)14-8-4-3-7-13(14)16(22)18-20/h3-9H,2,10-11H2,1H3,(H,18,22). The summed E-state index contributed by atoms with van der Waals surface area (Å²) < 4.78 is 1.09. The molecule has 0 aliphatic rings. The molecule has 0 unspecified atom stereocenters. The molecule has 3 aromatic rings. The van der Waals surface area contributed by atoms with Crippen LogP contribution >= 0.6 is 11.3 Å². The monoisotopic (exact) mass is 343 g/mol. The molecule has 0 bridgehead atoms. The van der Waals surface area contributed by atoms with Gasteiger partial charge in [0, 0.05) is 11.4 Å². The lowest BCUT2D eigenvalue weighted by Crippen LogP contribution is -2.38. The number of carbonyl (C=O) groups is 1. The number of likely N-dealkylation sites (N-methyl/N-ethyl adjacent to an activating group) is 1. The third kappa shape index (κ3) is 3.16. The first-order valence-corrected chi connectivity index (χ1v) is 8.50. The maximum absolute atomic E-state index is 12.5. The molecule has 24 heavy (non-hydrogen) atoms. The van der Waals surface area contributed by atoms with Gasteiger partial charge in [0.05, 0.1) is 17.3 Å². The molecule has 1 N–H and O–H groups in total. The maximum Gasteiger partial charge on any atom is 0.273 e. The fourth-order valence-electron chi connectivity index (χ4n) is 2.56. The lowest BCUT2D eigenvalue weighted by Gasteiger charge is -2.20. The highest BCUT2D eigenvalue weighted by Gasteiger charge is 2.15. The molecule has 2 aromatic heterocycles. The molecule has 0 radical (unpaired) electrons. The highest BCUT2D eigenvalue weighted by Crippen LogP contribution is 2.12. The Morgan fingerprint density at radius 1 is 1.17 bits per heavy atom. The molecular formula is C17H17N3O3S. The number of nitrogens with one attached hydrogen (secondary N) is 1. The number of rotatable bonds is 5. The van der Waals surface area contributed by atoms with Crippen molar-refractivity contribution in [3.8, 4) is 0 Å². The minimum absolute atomic E-state index is 0.182. The van der Waals surface area contributed by atoms with Crippen molar-refractivity contribution >= 4 is 28.0 Å². The van der Waals surface area contributed by atoms with E-state index in [1.165, 1.54) is 0 Å². The predicted octanol–water partition coefficient (Wildman–Crippen LogP) is 1.80. The second kappa shape index (κ2) is 6.84. The number of hydrogen-bond donors (Lipinski definition) is 1. The Kier molecular flexibility index (Phi) is 4.61. The van der Waals surface area contributed by atoms with Crippen LogP contribution in [0.1, 0.15) is 11.8 Å². The number of hydrogen-bond acceptors (Lipinski definition) is 4. The molecule has 0 saturated heterocycles. The van der Waals surface area contributed by atoms with Gasteiger partial charge in [-0.2, -0.15) is 0 Å². The van der Waals surface area contributed by atoms with Crippen molar-refractivity contribution in [2.75, 3.05) is 6.54 Å². The number of thiophene rings is 1. The van der Waals surface area contributed by atoms with Crippen LogP contribution in [0, 0.1) is 0 Å². The third-order valence-corrected chi connectivity index (χ3v) is 4.70. The Labute approximate surface area is 141 Å². The van der Waals surface area contributed by atoms with Crippen molar-refractivity contribution in [1.82, 2.24) is 14.7 Å². The Balaban J connectivity index is 1.88. The summed E-state index contributed by atoms with van der Waals surface area (Å²) >= 11 is 1.58. The molecule has 0 atom stereocenters. The van der Waals surface area contributed by atoms with E-state index in [2.05, 4.69) is 5.10 Å². The van der Waals surface area contributed by atoms with Gasteiger partial charge in [0.25, 0.3) is 11.1 Å². The largest absolute Gasteiger partial charge is 0.336 e. The Hall–Kier alpha value is -2.67. The Morgan fingerprint density at radius 3 is 2.58 bits per heavy atom. The number of H-pyrrole nitrogens is 1. The molecule has 0 aliphatic heterocycles. The number of aromatic amines is 1. The van der Waals surface area contributed by atoms with Gasteiger partial charge in [0.1, 0.15) is 6.54 Å². The first kappa shape index (κ1) is 16.2. The first-order chi connectivity index (χ1) is 11.6. The smallest absolute Gasteiger partial charge is 0.273 e. The van der Waals surface area contributed by atoms with Gasteiger partial charge in [-0.25, -0.2) is 4.68 Å². The van der Waals surface area contributed by atoms with Crippen LogP contribution in [-0.4, -0.2) is 27.1 Å². The molecule has 0 fully saturated rings. The van der Waals surface area contributed by atoms with E-state index < -0.39 is 0 Å². The van der Waals surface area contributed by atoms with Crippen LogP contribution in [-0.2, 0) is 17.9 Å². The molecule has 0 spiro atoms. The van der Waals surface area contributed by atoms with Crippen LogP contribution in [0.2, 0.25) is 0 Å². The number of nitrogens with zero attached hydrogens (tertiary/aromatic N) is 2. The highest BCUT2D eigenvalue weighted by molar-refractivity contribution is 7.09. The fraction of sp³-hybridized carbons (Fsp3) is 0.235. The Morgan fingerprint density at radius 2 is 1.92 bits per heavy atom. The van der Waals surface area contributed by atoms with Gasteiger partial charge in [-0.1, -0.05) is 18.2 Å². The molecule has 124 valence electrons. The lowest BCUT2D eigenvalue weighted by molar-refractivity contribution is -0.132. The average molecular weight is 343 g/mol. The minimum atomic E-state index is -0.376. The van der Waals surface area contributed by atoms with E-state index in [1.54, 1.807) is 40.5 Å². The van der Waals surface area contributed by atoms with E-state index in [-0.39, 0.29) is 23.6 Å². The van der Waals surface area contributed by atoms with Gasteiger partial charge in [-0.05, 0) is 30.5 Å². The van der Waals surface area contributed by atoms with Crippen LogP contribution in [0.3, 0.4) is 0 Å². The zero-order valence-electron chi connectivity index (χ0n) is 13.2. The summed E-state index contributed by atoms with van der Waals surface area (Å²) in [4.78, 5) is 39.8. The van der Waals surface area contributed by atoms with Crippen molar-refractivity contribution in [3.63, 3.8) is 0 Å². The lowest BCUT2D eigenvalue weighted by atomic mass is 10.2. The number of carbonyl (C=O) groups excluding carboxylic acids is 1. The van der Waals surface area contributed by atoms with Crippen molar-refractivity contribution in [3.05, 3.63) is 67.4 Å².